The van der Waals surface area contributed by atoms with E-state index in [0.29, 0.717) is 0 Å². The van der Waals surface area contributed by atoms with E-state index in [2.05, 4.69) is 127 Å². The van der Waals surface area contributed by atoms with Gasteiger partial charge in [0, 0.05) is 21.7 Å². The van der Waals surface area contributed by atoms with Gasteiger partial charge in [-0.3, -0.25) is 0 Å². The van der Waals surface area contributed by atoms with Crippen LogP contribution in [0.25, 0.3) is 22.3 Å². The number of nitrogens with zero attached hydrogens (tertiary/aromatic N) is 1. The maximum absolute atomic E-state index is 2.51. The average molecular weight is 456 g/mol. The molecule has 1 nitrogen and oxygen atoms in total. The summed E-state index contributed by atoms with van der Waals surface area (Å²) in [6.45, 7) is 18.2. The quantitative estimate of drug-likeness (QED) is 0.387. The molecule has 172 valence electrons. The molecule has 0 spiro atoms. The third-order valence-electron chi connectivity index (χ3n) is 6.71. The largest absolute Gasteiger partial charge is 0.334 e. The first-order valence-electron chi connectivity index (χ1n) is 11.9. The van der Waals surface area contributed by atoms with Gasteiger partial charge in [-0.2, -0.15) is 0 Å². The van der Waals surface area contributed by atoms with Crippen LogP contribution in [0.1, 0.15) is 66.5 Å². The SMILES string of the molecule is CC1=C(C)N(c2c(-c3cccc(C(C)(C)C)c3)cccc2-c2cccc(C(C)(C)C)c2)CS1. The van der Waals surface area contributed by atoms with E-state index in [9.17, 15) is 0 Å². The molecule has 1 heterocycles. The highest BCUT2D eigenvalue weighted by atomic mass is 32.2. The molecule has 0 bridgehead atoms. The molecule has 0 unspecified atom stereocenters. The van der Waals surface area contributed by atoms with Gasteiger partial charge in [-0.05, 0) is 46.9 Å². The summed E-state index contributed by atoms with van der Waals surface area (Å²) in [5, 5.41) is 0. The predicted molar refractivity (Wildman–Crippen MR) is 148 cm³/mol. The lowest BCUT2D eigenvalue weighted by atomic mass is 9.84. The van der Waals surface area contributed by atoms with Crippen molar-refractivity contribution in [2.45, 2.75) is 66.2 Å². The van der Waals surface area contributed by atoms with Crippen LogP contribution in [0.2, 0.25) is 0 Å². The van der Waals surface area contributed by atoms with Gasteiger partial charge in [0.15, 0.2) is 0 Å². The van der Waals surface area contributed by atoms with Gasteiger partial charge >= 0.3 is 0 Å². The smallest absolute Gasteiger partial charge is 0.0729 e. The fourth-order valence-corrected chi connectivity index (χ4v) is 5.36. The van der Waals surface area contributed by atoms with E-state index >= 15 is 0 Å². The zero-order valence-electron chi connectivity index (χ0n) is 21.4. The Hall–Kier alpha value is -2.45. The Kier molecular flexibility index (Phi) is 6.26. The molecule has 0 amide bonds. The first-order valence-corrected chi connectivity index (χ1v) is 12.9. The number of benzene rings is 3. The van der Waals surface area contributed by atoms with Crippen molar-refractivity contribution in [2.75, 3.05) is 10.8 Å². The fourth-order valence-electron chi connectivity index (χ4n) is 4.39. The first kappa shape index (κ1) is 23.7. The number of hydrogen-bond donors (Lipinski definition) is 0. The number of allylic oxidation sites excluding steroid dienone is 2. The molecule has 0 aliphatic carbocycles. The van der Waals surface area contributed by atoms with E-state index in [1.807, 2.05) is 11.8 Å². The molecule has 3 aromatic rings. The van der Waals surface area contributed by atoms with Gasteiger partial charge in [-0.25, -0.2) is 0 Å². The van der Waals surface area contributed by atoms with Crippen molar-refractivity contribution in [1.82, 2.24) is 0 Å². The molecule has 4 rings (SSSR count). The second-order valence-electron chi connectivity index (χ2n) is 11.2. The van der Waals surface area contributed by atoms with Crippen LogP contribution >= 0.6 is 11.8 Å². The second-order valence-corrected chi connectivity index (χ2v) is 12.4. The normalized spacial score (nSPS) is 14.8. The molecule has 0 radical (unpaired) electrons. The van der Waals surface area contributed by atoms with E-state index in [-0.39, 0.29) is 10.8 Å². The fraction of sp³-hybridized carbons (Fsp3) is 0.355. The summed E-state index contributed by atoms with van der Waals surface area (Å²) in [6, 6.07) is 25.0. The zero-order valence-corrected chi connectivity index (χ0v) is 22.2. The van der Waals surface area contributed by atoms with Crippen LogP contribution in [0.3, 0.4) is 0 Å². The minimum Gasteiger partial charge on any atom is -0.334 e. The van der Waals surface area contributed by atoms with Crippen LogP contribution in [0.15, 0.2) is 77.3 Å². The number of anilines is 1. The molecule has 0 saturated heterocycles. The maximum Gasteiger partial charge on any atom is 0.0729 e. The standard InChI is InChI=1S/C31H37NS/c1-21-22(2)33-20-32(21)29-27(23-12-9-14-25(18-23)30(3,4)5)16-11-17-28(29)24-13-10-15-26(19-24)31(6,7)8/h9-19H,20H2,1-8H3. The Morgan fingerprint density at radius 2 is 1.12 bits per heavy atom. The summed E-state index contributed by atoms with van der Waals surface area (Å²) in [6.07, 6.45) is 0. The van der Waals surface area contributed by atoms with E-state index in [0.717, 1.165) is 5.88 Å². The highest BCUT2D eigenvalue weighted by Gasteiger charge is 2.26. The summed E-state index contributed by atoms with van der Waals surface area (Å²) in [5.41, 5.74) is 10.8. The molecule has 1 aliphatic rings. The number of rotatable bonds is 3. The monoisotopic (exact) mass is 455 g/mol. The minimum atomic E-state index is 0.116. The molecule has 3 aromatic carbocycles. The molecule has 0 aromatic heterocycles. The van der Waals surface area contributed by atoms with Crippen molar-refractivity contribution >= 4 is 17.4 Å². The highest BCUT2D eigenvalue weighted by Crippen LogP contribution is 2.46. The minimum absolute atomic E-state index is 0.116. The number of para-hydroxylation sites is 1. The summed E-state index contributed by atoms with van der Waals surface area (Å²) >= 11 is 1.94. The predicted octanol–water partition coefficient (Wildman–Crippen LogP) is 9.38. The third-order valence-corrected chi connectivity index (χ3v) is 7.83. The lowest BCUT2D eigenvalue weighted by Crippen LogP contribution is -2.18. The van der Waals surface area contributed by atoms with E-state index < -0.39 is 0 Å². The molecule has 2 heteroatoms. The summed E-state index contributed by atoms with van der Waals surface area (Å²) in [4.78, 5) is 3.92. The Bertz CT molecular complexity index is 1130. The lowest BCUT2D eigenvalue weighted by Gasteiger charge is -2.28. The molecular weight excluding hydrogens is 418 g/mol. The Morgan fingerprint density at radius 1 is 0.667 bits per heavy atom. The summed E-state index contributed by atoms with van der Waals surface area (Å²) in [5.74, 6) is 0.958. The summed E-state index contributed by atoms with van der Waals surface area (Å²) < 4.78 is 0. The molecule has 0 atom stereocenters. The summed E-state index contributed by atoms with van der Waals surface area (Å²) in [7, 11) is 0. The van der Waals surface area contributed by atoms with Crippen molar-refractivity contribution in [2.24, 2.45) is 0 Å². The van der Waals surface area contributed by atoms with Crippen LogP contribution < -0.4 is 4.90 Å². The number of thioether (sulfide) groups is 1. The van der Waals surface area contributed by atoms with Crippen molar-refractivity contribution in [3.05, 3.63) is 88.5 Å². The van der Waals surface area contributed by atoms with E-state index in [4.69, 9.17) is 0 Å². The van der Waals surface area contributed by atoms with Gasteiger partial charge in [0.2, 0.25) is 0 Å². The van der Waals surface area contributed by atoms with E-state index in [1.54, 1.807) is 0 Å². The zero-order chi connectivity index (χ0) is 24.0. The van der Waals surface area contributed by atoms with Crippen molar-refractivity contribution in [3.63, 3.8) is 0 Å². The van der Waals surface area contributed by atoms with Crippen LogP contribution in [-0.4, -0.2) is 5.88 Å². The van der Waals surface area contributed by atoms with Gasteiger partial charge in [0.05, 0.1) is 11.6 Å². The average Bonchev–Trinajstić information content (AvgIpc) is 3.10. The molecular formula is C31H37NS. The van der Waals surface area contributed by atoms with Gasteiger partial charge in [-0.15, -0.1) is 11.8 Å². The molecule has 0 saturated carbocycles. The Labute approximate surface area is 204 Å². The van der Waals surface area contributed by atoms with Crippen molar-refractivity contribution in [3.8, 4) is 22.3 Å². The van der Waals surface area contributed by atoms with Gasteiger partial charge in [-0.1, -0.05) is 108 Å². The molecule has 33 heavy (non-hydrogen) atoms. The lowest BCUT2D eigenvalue weighted by molar-refractivity contribution is 0.590. The van der Waals surface area contributed by atoms with Gasteiger partial charge < -0.3 is 4.90 Å². The maximum atomic E-state index is 2.51. The van der Waals surface area contributed by atoms with Crippen LogP contribution in [0.4, 0.5) is 5.69 Å². The Morgan fingerprint density at radius 3 is 1.52 bits per heavy atom. The van der Waals surface area contributed by atoms with Crippen molar-refractivity contribution in [1.29, 1.82) is 0 Å². The van der Waals surface area contributed by atoms with Gasteiger partial charge in [0.1, 0.15) is 0 Å². The van der Waals surface area contributed by atoms with E-state index in [1.165, 1.54) is 49.7 Å². The van der Waals surface area contributed by atoms with Crippen LogP contribution in [0, 0.1) is 0 Å². The van der Waals surface area contributed by atoms with Crippen LogP contribution in [0.5, 0.6) is 0 Å². The Balaban J connectivity index is 1.97. The highest BCUT2D eigenvalue weighted by molar-refractivity contribution is 8.03. The molecule has 1 aliphatic heterocycles. The van der Waals surface area contributed by atoms with Gasteiger partial charge in [0.25, 0.3) is 0 Å². The topological polar surface area (TPSA) is 3.24 Å². The number of hydrogen-bond acceptors (Lipinski definition) is 2. The van der Waals surface area contributed by atoms with Crippen LogP contribution in [-0.2, 0) is 10.8 Å². The third kappa shape index (κ3) is 4.77. The first-order chi connectivity index (χ1) is 15.5. The molecule has 0 N–H and O–H groups in total. The second kappa shape index (κ2) is 8.72. The van der Waals surface area contributed by atoms with Crippen molar-refractivity contribution < 1.29 is 0 Å². The molecule has 0 fully saturated rings.